The Morgan fingerprint density at radius 2 is 2.43 bits per heavy atom. The van der Waals surface area contributed by atoms with Crippen LogP contribution in [0.15, 0.2) is 12.4 Å². The van der Waals surface area contributed by atoms with E-state index < -0.39 is 0 Å². The Kier molecular flexibility index (Phi) is 6.20. The molecule has 1 aromatic rings. The minimum atomic E-state index is -0.00342. The van der Waals surface area contributed by atoms with E-state index in [1.165, 1.54) is 6.42 Å². The number of carbonyl (C=O) groups excluding carboxylic acids is 1. The molecule has 2 heterocycles. The molecule has 21 heavy (non-hydrogen) atoms. The molecule has 0 radical (unpaired) electrons. The van der Waals surface area contributed by atoms with Crippen LogP contribution in [0.2, 0.25) is 0 Å². The van der Waals surface area contributed by atoms with Crippen LogP contribution >= 0.6 is 0 Å². The van der Waals surface area contributed by atoms with Crippen LogP contribution in [0.5, 0.6) is 0 Å². The monoisotopic (exact) mass is 295 g/mol. The predicted molar refractivity (Wildman–Crippen MR) is 78.7 cm³/mol. The lowest BCUT2D eigenvalue weighted by Gasteiger charge is -2.24. The van der Waals surface area contributed by atoms with Crippen LogP contribution in [0.4, 0.5) is 0 Å². The zero-order valence-corrected chi connectivity index (χ0v) is 13.0. The van der Waals surface area contributed by atoms with Gasteiger partial charge < -0.3 is 18.9 Å². The maximum atomic E-state index is 12.2. The smallest absolute Gasteiger partial charge is 0.248 e. The topological polar surface area (TPSA) is 56.6 Å². The zero-order chi connectivity index (χ0) is 15.1. The van der Waals surface area contributed by atoms with Crippen LogP contribution in [-0.4, -0.2) is 52.8 Å². The molecule has 0 bridgehead atoms. The van der Waals surface area contributed by atoms with Crippen LogP contribution < -0.4 is 0 Å². The fourth-order valence-corrected chi connectivity index (χ4v) is 2.40. The van der Waals surface area contributed by atoms with Crippen LogP contribution in [0.25, 0.3) is 0 Å². The average molecular weight is 295 g/mol. The van der Waals surface area contributed by atoms with Crippen molar-refractivity contribution in [3.05, 3.63) is 18.2 Å². The highest BCUT2D eigenvalue weighted by Crippen LogP contribution is 2.12. The second kappa shape index (κ2) is 8.14. The fourth-order valence-electron chi connectivity index (χ4n) is 2.40. The van der Waals surface area contributed by atoms with Gasteiger partial charge in [0, 0.05) is 32.6 Å². The number of nitrogens with zero attached hydrogens (tertiary/aromatic N) is 3. The number of ether oxygens (including phenoxy) is 2. The van der Waals surface area contributed by atoms with Crippen molar-refractivity contribution in [3.8, 4) is 0 Å². The van der Waals surface area contributed by atoms with Gasteiger partial charge in [0.1, 0.15) is 12.4 Å². The van der Waals surface area contributed by atoms with Crippen molar-refractivity contribution < 1.29 is 14.3 Å². The second-order valence-corrected chi connectivity index (χ2v) is 5.37. The van der Waals surface area contributed by atoms with Gasteiger partial charge in [0.15, 0.2) is 0 Å². The number of hydrogen-bond acceptors (Lipinski definition) is 4. The van der Waals surface area contributed by atoms with E-state index >= 15 is 0 Å². The molecule has 6 heteroatoms. The number of carbonyl (C=O) groups is 1. The molecule has 0 unspecified atom stereocenters. The van der Waals surface area contributed by atoms with E-state index in [0.29, 0.717) is 19.7 Å². The molecule has 0 N–H and O–H groups in total. The van der Waals surface area contributed by atoms with Crippen molar-refractivity contribution in [1.82, 2.24) is 14.5 Å². The van der Waals surface area contributed by atoms with Crippen LogP contribution in [0.1, 0.15) is 32.0 Å². The number of amides is 1. The van der Waals surface area contributed by atoms with Gasteiger partial charge in [0.25, 0.3) is 0 Å². The normalized spacial score (nSPS) is 18.7. The molecule has 6 nitrogen and oxygen atoms in total. The Morgan fingerprint density at radius 3 is 3.05 bits per heavy atom. The van der Waals surface area contributed by atoms with Gasteiger partial charge in [-0.2, -0.15) is 0 Å². The first-order valence-corrected chi connectivity index (χ1v) is 7.64. The van der Waals surface area contributed by atoms with Crippen molar-refractivity contribution in [3.63, 3.8) is 0 Å². The average Bonchev–Trinajstić information content (AvgIpc) is 2.91. The summed E-state index contributed by atoms with van der Waals surface area (Å²) in [6.45, 7) is 4.55. The first-order valence-electron chi connectivity index (χ1n) is 7.64. The molecule has 1 saturated heterocycles. The zero-order valence-electron chi connectivity index (χ0n) is 13.0. The summed E-state index contributed by atoms with van der Waals surface area (Å²) < 4.78 is 13.0. The lowest BCUT2D eigenvalue weighted by atomic mass is 10.1. The van der Waals surface area contributed by atoms with Crippen molar-refractivity contribution in [2.75, 3.05) is 26.4 Å². The van der Waals surface area contributed by atoms with Crippen LogP contribution in [-0.2, 0) is 27.9 Å². The number of likely N-dealkylation sites (N-methyl/N-ethyl adjacent to an activating group) is 1. The third-order valence-electron chi connectivity index (χ3n) is 3.79. The summed E-state index contributed by atoms with van der Waals surface area (Å²) in [6.07, 6.45) is 7.11. The summed E-state index contributed by atoms with van der Waals surface area (Å²) in [5, 5.41) is 0. The summed E-state index contributed by atoms with van der Waals surface area (Å²) in [4.78, 5) is 18.2. The number of aryl methyl sites for hydroxylation is 1. The summed E-state index contributed by atoms with van der Waals surface area (Å²) in [5.74, 6) is 0.872. The van der Waals surface area contributed by atoms with E-state index in [1.54, 1.807) is 11.1 Å². The lowest BCUT2D eigenvalue weighted by Crippen LogP contribution is -2.35. The first-order chi connectivity index (χ1) is 10.2. The Bertz CT molecular complexity index is 441. The molecule has 0 saturated carbocycles. The molecule has 2 rings (SSSR count). The quantitative estimate of drug-likeness (QED) is 0.762. The summed E-state index contributed by atoms with van der Waals surface area (Å²) in [7, 11) is 1.93. The van der Waals surface area contributed by atoms with Crippen molar-refractivity contribution >= 4 is 5.91 Å². The van der Waals surface area contributed by atoms with E-state index in [9.17, 15) is 4.79 Å². The van der Waals surface area contributed by atoms with E-state index in [1.807, 2.05) is 24.7 Å². The second-order valence-electron chi connectivity index (χ2n) is 5.37. The highest BCUT2D eigenvalue weighted by molar-refractivity contribution is 5.77. The molecule has 118 valence electrons. The van der Waals surface area contributed by atoms with Crippen LogP contribution in [0, 0.1) is 0 Å². The highest BCUT2D eigenvalue weighted by Gasteiger charge is 2.17. The molecule has 1 aliphatic heterocycles. The predicted octanol–water partition coefficient (Wildman–Crippen LogP) is 1.35. The van der Waals surface area contributed by atoms with Gasteiger partial charge in [0.2, 0.25) is 5.91 Å². The van der Waals surface area contributed by atoms with E-state index in [0.717, 1.165) is 25.3 Å². The third kappa shape index (κ3) is 4.82. The molecule has 1 atom stereocenters. The number of imidazole rings is 1. The molecule has 0 aliphatic carbocycles. The van der Waals surface area contributed by atoms with E-state index in [-0.39, 0.29) is 18.6 Å². The lowest BCUT2D eigenvalue weighted by molar-refractivity contribution is -0.138. The van der Waals surface area contributed by atoms with Gasteiger partial charge >= 0.3 is 0 Å². The maximum Gasteiger partial charge on any atom is 0.248 e. The molecule has 1 aromatic heterocycles. The van der Waals surface area contributed by atoms with Crippen LogP contribution in [0.3, 0.4) is 0 Å². The van der Waals surface area contributed by atoms with E-state index in [2.05, 4.69) is 4.98 Å². The van der Waals surface area contributed by atoms with Crippen molar-refractivity contribution in [2.24, 2.45) is 7.05 Å². The Morgan fingerprint density at radius 1 is 1.57 bits per heavy atom. The Balaban J connectivity index is 1.73. The molecular formula is C15H25N3O3. The molecule has 1 amide bonds. The van der Waals surface area contributed by atoms with Gasteiger partial charge in [-0.3, -0.25) is 4.79 Å². The largest absolute Gasteiger partial charge is 0.376 e. The van der Waals surface area contributed by atoms with Crippen molar-refractivity contribution in [1.29, 1.82) is 0 Å². The minimum absolute atomic E-state index is 0.00342. The minimum Gasteiger partial charge on any atom is -0.376 e. The molecule has 0 aromatic carbocycles. The van der Waals surface area contributed by atoms with E-state index in [4.69, 9.17) is 9.47 Å². The maximum absolute atomic E-state index is 12.2. The van der Waals surface area contributed by atoms with Crippen molar-refractivity contribution in [2.45, 2.75) is 38.8 Å². The SMILES string of the molecule is CCN(Cc1nccn1C)C(=O)COC[C@H]1CCCCO1. The Labute approximate surface area is 126 Å². The number of hydrogen-bond donors (Lipinski definition) is 0. The van der Waals surface area contributed by atoms with Gasteiger partial charge in [-0.15, -0.1) is 0 Å². The molecule has 1 aliphatic rings. The summed E-state index contributed by atoms with van der Waals surface area (Å²) in [5.41, 5.74) is 0. The summed E-state index contributed by atoms with van der Waals surface area (Å²) in [6, 6.07) is 0. The molecular weight excluding hydrogens is 270 g/mol. The highest BCUT2D eigenvalue weighted by atomic mass is 16.5. The van der Waals surface area contributed by atoms with Gasteiger partial charge in [0.05, 0.1) is 19.3 Å². The summed E-state index contributed by atoms with van der Waals surface area (Å²) >= 11 is 0. The molecule has 1 fully saturated rings. The third-order valence-corrected chi connectivity index (χ3v) is 3.79. The van der Waals surface area contributed by atoms with Gasteiger partial charge in [-0.1, -0.05) is 0 Å². The van der Waals surface area contributed by atoms with Gasteiger partial charge in [-0.05, 0) is 26.2 Å². The Hall–Kier alpha value is -1.40. The first kappa shape index (κ1) is 16.0. The standard InChI is InChI=1S/C15H25N3O3/c1-3-18(10-14-16-7-8-17(14)2)15(19)12-20-11-13-6-4-5-9-21-13/h7-8,13H,3-6,9-12H2,1-2H3/t13-/m1/s1. The molecule has 0 spiro atoms. The number of rotatable bonds is 7. The number of aromatic nitrogens is 2. The fraction of sp³-hybridized carbons (Fsp3) is 0.733. The van der Waals surface area contributed by atoms with Gasteiger partial charge in [-0.25, -0.2) is 4.98 Å².